The highest BCUT2D eigenvalue weighted by atomic mass is 35.5. The van der Waals surface area contributed by atoms with Crippen LogP contribution < -0.4 is 27.3 Å². The van der Waals surface area contributed by atoms with E-state index in [0.717, 1.165) is 24.3 Å². The van der Waals surface area contributed by atoms with Crippen LogP contribution in [0.15, 0.2) is 86.4 Å². The first kappa shape index (κ1) is 58.6. The van der Waals surface area contributed by atoms with Gasteiger partial charge in [-0.3, -0.25) is 4.79 Å². The number of phenols is 7. The molecule has 3 aliphatic rings. The molecule has 28 heteroatoms. The largest absolute Gasteiger partial charge is 1.00 e. The maximum Gasteiger partial charge on any atom is 0.402 e. The van der Waals surface area contributed by atoms with Gasteiger partial charge in [0.2, 0.25) is 29.5 Å². The predicted octanol–water partition coefficient (Wildman–Crippen LogP) is -4.83. The van der Waals surface area contributed by atoms with Gasteiger partial charge in [0.05, 0.1) is 36.3 Å². The average molecular weight is 1100 g/mol. The molecule has 76 heavy (non-hydrogen) atoms. The van der Waals surface area contributed by atoms with Gasteiger partial charge >= 0.3 is 11.3 Å². The summed E-state index contributed by atoms with van der Waals surface area (Å²) in [4.78, 5) is 13.6. The van der Waals surface area contributed by atoms with Crippen molar-refractivity contribution in [3.05, 3.63) is 83.0 Å². The van der Waals surface area contributed by atoms with Gasteiger partial charge in [-0.25, -0.2) is 4.42 Å². The fourth-order valence-electron chi connectivity index (χ4n) is 8.18. The second-order valence-corrected chi connectivity index (χ2v) is 17.5. The van der Waals surface area contributed by atoms with E-state index in [-0.39, 0.29) is 57.6 Å². The van der Waals surface area contributed by atoms with Crippen LogP contribution in [0.25, 0.3) is 44.6 Å². The molecule has 0 bridgehead atoms. The Morgan fingerprint density at radius 1 is 0.553 bits per heavy atom. The lowest BCUT2D eigenvalue weighted by Crippen LogP contribution is -3.00. The molecule has 15 atom stereocenters. The highest BCUT2D eigenvalue weighted by Gasteiger charge is 2.49. The summed E-state index contributed by atoms with van der Waals surface area (Å²) in [5.74, 6) is -4.04. The summed E-state index contributed by atoms with van der Waals surface area (Å²) in [6, 6.07) is 15.0. The SMILES string of the molecule is C[C@@H]1O[C@@H](OCC2O[C@@H](Oc3c(-c4ccc(O)c(O)c4)oc4cc(O)cc(O)c4c3=O)[C@H](O)[C@@H](O)[C@@H]2O)[C@H](O)[C@H](O)[C@H]1O.O.OCC1OC(Oc2cc3ccc(O)cc3[o+]c2-c2ccc(O)c(O)c2)C(O)C(O)C1O.[Cl-]. The molecule has 5 heterocycles. The highest BCUT2D eigenvalue weighted by Crippen LogP contribution is 2.42. The molecule has 3 aliphatic heterocycles. The van der Waals surface area contributed by atoms with E-state index in [2.05, 4.69) is 0 Å². The molecular formula is C48H53ClO27. The monoisotopic (exact) mass is 1100 g/mol. The quantitative estimate of drug-likeness (QED) is 0.0452. The van der Waals surface area contributed by atoms with E-state index in [1.165, 1.54) is 49.4 Å². The van der Waals surface area contributed by atoms with Gasteiger partial charge in [0.1, 0.15) is 95.4 Å². The highest BCUT2D eigenvalue weighted by molar-refractivity contribution is 5.88. The summed E-state index contributed by atoms with van der Waals surface area (Å²) < 4.78 is 44.8. The molecule has 414 valence electrons. The third-order valence-corrected chi connectivity index (χ3v) is 12.3. The Bertz CT molecular complexity index is 3050. The van der Waals surface area contributed by atoms with Crippen molar-refractivity contribution < 1.29 is 142 Å². The van der Waals surface area contributed by atoms with Crippen LogP contribution in [0.4, 0.5) is 0 Å². The van der Waals surface area contributed by atoms with Crippen LogP contribution in [0.2, 0.25) is 0 Å². The van der Waals surface area contributed by atoms with Crippen molar-refractivity contribution in [2.24, 2.45) is 0 Å². The summed E-state index contributed by atoms with van der Waals surface area (Å²) in [5, 5.41) is 171. The van der Waals surface area contributed by atoms with Crippen molar-refractivity contribution >= 4 is 21.9 Å². The van der Waals surface area contributed by atoms with Gasteiger partial charge in [0, 0.05) is 29.8 Å². The molecule has 0 amide bonds. The Hall–Kier alpha value is -6.61. The zero-order valence-corrected chi connectivity index (χ0v) is 39.9. The first-order valence-corrected chi connectivity index (χ1v) is 22.4. The number of halogens is 1. The van der Waals surface area contributed by atoms with Crippen LogP contribution in [0.1, 0.15) is 6.92 Å². The van der Waals surface area contributed by atoms with E-state index in [1.54, 1.807) is 6.07 Å². The summed E-state index contributed by atoms with van der Waals surface area (Å²) in [7, 11) is 0. The summed E-state index contributed by atoms with van der Waals surface area (Å²) >= 11 is 0. The number of phenolic OH excluding ortho intramolecular Hbond substituents is 7. The maximum absolute atomic E-state index is 13.6. The molecule has 6 aromatic rings. The van der Waals surface area contributed by atoms with Crippen LogP contribution in [0.5, 0.6) is 51.7 Å². The minimum Gasteiger partial charge on any atom is -1.00 e. The standard InChI is InChI=1S/C27H30O16.C21H20O10.ClH.H2O/c1-8-17(32)20(35)22(37)26(40-8)39-7-15-18(33)21(36)23(38)27(42-15)43-25-19(34)16-13(31)5-10(28)6-14(16)41-24(25)9-2-3-11(29)12(30)4-9;22-8-16-17(26)18(27)19(28)21(31-16)30-15-6-9-1-3-11(23)7-14(9)29-20(15)10-2-4-12(24)13(25)5-10;;/h2-6,8,15,17-18,20-23,26-33,35-38H,7H2,1H3;1-7,16-19,21-22,26-28H,8H2,(H2-,23,24,25);1H;1H2/t8-,15?,17-,18+,20+,21-,22+,23+,26+,27-;;;/m0.../s1. The average Bonchev–Trinajstić information content (AvgIpc) is 3.38. The van der Waals surface area contributed by atoms with E-state index in [0.29, 0.717) is 10.9 Å². The van der Waals surface area contributed by atoms with Crippen LogP contribution in [-0.4, -0.2) is 198 Å². The lowest BCUT2D eigenvalue weighted by molar-refractivity contribution is -0.318. The van der Waals surface area contributed by atoms with Gasteiger partial charge in [0.15, 0.2) is 35.0 Å². The van der Waals surface area contributed by atoms with E-state index >= 15 is 0 Å². The van der Waals surface area contributed by atoms with E-state index < -0.39 is 156 Å². The molecule has 19 N–H and O–H groups in total. The Kier molecular flexibility index (Phi) is 18.3. The molecule has 0 spiro atoms. The van der Waals surface area contributed by atoms with Crippen molar-refractivity contribution in [1.82, 2.24) is 0 Å². The van der Waals surface area contributed by atoms with E-state index in [1.807, 2.05) is 0 Å². The molecule has 3 fully saturated rings. The van der Waals surface area contributed by atoms with Gasteiger partial charge in [-0.2, -0.15) is 0 Å². The number of aromatic hydroxyl groups is 7. The smallest absolute Gasteiger partial charge is 0.402 e. The minimum absolute atomic E-state index is 0. The number of ether oxygens (including phenoxy) is 6. The number of rotatable bonds is 10. The minimum atomic E-state index is -1.97. The first-order valence-electron chi connectivity index (χ1n) is 22.4. The fraction of sp³-hybridized carbons (Fsp3) is 0.375. The maximum atomic E-state index is 13.6. The summed E-state index contributed by atoms with van der Waals surface area (Å²) in [6.07, 6.45) is -23.6. The van der Waals surface area contributed by atoms with Crippen LogP contribution in [0, 0.1) is 0 Å². The molecule has 0 saturated carbocycles. The molecule has 3 saturated heterocycles. The Morgan fingerprint density at radius 2 is 1.12 bits per heavy atom. The van der Waals surface area contributed by atoms with E-state index in [9.17, 15) is 91.6 Å². The molecule has 27 nitrogen and oxygen atoms in total. The topological polar surface area (TPSA) is 472 Å². The number of hydrogen-bond acceptors (Lipinski definition) is 25. The van der Waals surface area contributed by atoms with Crippen molar-refractivity contribution in [3.63, 3.8) is 0 Å². The molecule has 9 rings (SSSR count). The number of hydrogen-bond donors (Lipinski definition) is 17. The number of fused-ring (bicyclic) bond motifs is 2. The fourth-order valence-corrected chi connectivity index (χ4v) is 8.18. The van der Waals surface area contributed by atoms with Crippen LogP contribution in [0.3, 0.4) is 0 Å². The number of aliphatic hydroxyl groups excluding tert-OH is 10. The Morgan fingerprint density at radius 3 is 1.75 bits per heavy atom. The van der Waals surface area contributed by atoms with Crippen LogP contribution >= 0.6 is 0 Å². The summed E-state index contributed by atoms with van der Waals surface area (Å²) in [5.41, 5.74) is -0.775. The second-order valence-electron chi connectivity index (χ2n) is 17.5. The second kappa shape index (κ2) is 23.7. The predicted molar refractivity (Wildman–Crippen MR) is 249 cm³/mol. The molecule has 2 aromatic heterocycles. The van der Waals surface area contributed by atoms with Crippen molar-refractivity contribution in [3.8, 4) is 74.4 Å². The van der Waals surface area contributed by atoms with Crippen LogP contribution in [-0.2, 0) is 18.9 Å². The molecular weight excluding hydrogens is 1040 g/mol. The van der Waals surface area contributed by atoms with Gasteiger partial charge < -0.3 is 138 Å². The van der Waals surface area contributed by atoms with Gasteiger partial charge in [-0.1, -0.05) is 0 Å². The van der Waals surface area contributed by atoms with Gasteiger partial charge in [0.25, 0.3) is 0 Å². The molecule has 0 aliphatic carbocycles. The lowest BCUT2D eigenvalue weighted by atomic mass is 9.98. The summed E-state index contributed by atoms with van der Waals surface area (Å²) in [6.45, 7) is 0.198. The number of benzene rings is 4. The number of aliphatic hydroxyl groups is 10. The first-order chi connectivity index (χ1) is 35.1. The zero-order chi connectivity index (χ0) is 53.6. The Labute approximate surface area is 432 Å². The van der Waals surface area contributed by atoms with Gasteiger partial charge in [-0.05, 0) is 49.4 Å². The molecule has 4 aromatic carbocycles. The molecule has 0 radical (unpaired) electrons. The van der Waals surface area contributed by atoms with Crippen molar-refractivity contribution in [2.45, 2.75) is 99.0 Å². The van der Waals surface area contributed by atoms with Crippen molar-refractivity contribution in [2.75, 3.05) is 13.2 Å². The van der Waals surface area contributed by atoms with Gasteiger partial charge in [-0.15, -0.1) is 0 Å². The third kappa shape index (κ3) is 11.7. The third-order valence-electron chi connectivity index (χ3n) is 12.3. The Balaban J connectivity index is 0.000000252. The normalized spacial score (nSPS) is 29.3. The molecule has 6 unspecified atom stereocenters. The lowest BCUT2D eigenvalue weighted by Gasteiger charge is -2.42. The van der Waals surface area contributed by atoms with E-state index in [4.69, 9.17) is 37.3 Å². The zero-order valence-electron chi connectivity index (χ0n) is 39.2. The van der Waals surface area contributed by atoms with Crippen molar-refractivity contribution in [1.29, 1.82) is 0 Å².